The van der Waals surface area contributed by atoms with Gasteiger partial charge in [-0.3, -0.25) is 5.10 Å². The topological polar surface area (TPSA) is 28.7 Å². The van der Waals surface area contributed by atoms with Gasteiger partial charge >= 0.3 is 0 Å². The summed E-state index contributed by atoms with van der Waals surface area (Å²) >= 11 is 0. The number of rotatable bonds is 1. The molecule has 1 aromatic heterocycles. The number of aromatic nitrogens is 2. The molecule has 0 fully saturated rings. The van der Waals surface area contributed by atoms with Crippen LogP contribution < -0.4 is 0 Å². The lowest BCUT2D eigenvalue weighted by Gasteiger charge is -1.74. The second kappa shape index (κ2) is 2.49. The lowest BCUT2D eigenvalue weighted by molar-refractivity contribution is 1.04. The summed E-state index contributed by atoms with van der Waals surface area (Å²) in [5.41, 5.74) is 2.10. The summed E-state index contributed by atoms with van der Waals surface area (Å²) in [6.45, 7) is 3.96. The van der Waals surface area contributed by atoms with Gasteiger partial charge in [0.2, 0.25) is 0 Å². The molecule has 2 heteroatoms. The molecule has 0 bridgehead atoms. The molecule has 1 rings (SSSR count). The number of nitrogens with one attached hydrogen (secondary N) is 1. The second-order valence-corrected chi connectivity index (χ2v) is 1.98. The average molecular weight is 122 g/mol. The molecule has 1 N–H and O–H groups in total. The fourth-order valence-corrected chi connectivity index (χ4v) is 0.695. The maximum Gasteiger partial charge on any atom is 0.0847 e. The fraction of sp³-hybridized carbons (Fsp3) is 0.286. The average Bonchev–Trinajstić information content (AvgIpc) is 2.17. The van der Waals surface area contributed by atoms with E-state index in [0.717, 1.165) is 11.4 Å². The fourth-order valence-electron chi connectivity index (χ4n) is 0.695. The van der Waals surface area contributed by atoms with E-state index in [1.165, 1.54) is 0 Å². The number of aromatic amines is 1. The van der Waals surface area contributed by atoms with Gasteiger partial charge in [-0.1, -0.05) is 6.08 Å². The van der Waals surface area contributed by atoms with Crippen molar-refractivity contribution in [2.45, 2.75) is 13.8 Å². The number of H-pyrrole nitrogens is 1. The molecule has 0 aliphatic heterocycles. The van der Waals surface area contributed by atoms with E-state index < -0.39 is 0 Å². The van der Waals surface area contributed by atoms with E-state index in [1.807, 2.05) is 32.1 Å². The van der Waals surface area contributed by atoms with Crippen molar-refractivity contribution in [1.82, 2.24) is 10.2 Å². The van der Waals surface area contributed by atoms with Gasteiger partial charge in [0.25, 0.3) is 0 Å². The number of hydrogen-bond acceptors (Lipinski definition) is 1. The molecule has 0 radical (unpaired) electrons. The third-order valence-corrected chi connectivity index (χ3v) is 1.06. The van der Waals surface area contributed by atoms with Crippen LogP contribution in [0.2, 0.25) is 0 Å². The van der Waals surface area contributed by atoms with Crippen LogP contribution in [0.15, 0.2) is 12.1 Å². The zero-order chi connectivity index (χ0) is 6.69. The van der Waals surface area contributed by atoms with Crippen LogP contribution in [0.4, 0.5) is 0 Å². The first kappa shape index (κ1) is 6.08. The highest BCUT2D eigenvalue weighted by molar-refractivity contribution is 5.43. The van der Waals surface area contributed by atoms with E-state index in [1.54, 1.807) is 0 Å². The molecular formula is C7H10N2. The van der Waals surface area contributed by atoms with E-state index in [2.05, 4.69) is 10.2 Å². The Balaban J connectivity index is 2.85. The maximum atomic E-state index is 3.99. The van der Waals surface area contributed by atoms with Gasteiger partial charge in [0.15, 0.2) is 0 Å². The molecule has 1 aromatic rings. The molecule has 0 aliphatic carbocycles. The minimum atomic E-state index is 0.995. The number of aryl methyl sites for hydroxylation is 1. The Morgan fingerprint density at radius 2 is 2.44 bits per heavy atom. The van der Waals surface area contributed by atoms with Crippen LogP contribution in [0, 0.1) is 6.92 Å². The van der Waals surface area contributed by atoms with E-state index in [0.29, 0.717) is 0 Å². The maximum absolute atomic E-state index is 3.99. The Hall–Kier alpha value is -1.05. The largest absolute Gasteiger partial charge is 0.282 e. The molecule has 9 heavy (non-hydrogen) atoms. The standard InChI is InChI=1S/C7H10N2/c1-3-4-7-5-6(2)8-9-7/h3-5H,1-2H3,(H,8,9)/b4-3-. The van der Waals surface area contributed by atoms with Crippen molar-refractivity contribution >= 4 is 6.08 Å². The zero-order valence-electron chi connectivity index (χ0n) is 5.68. The molecular weight excluding hydrogens is 112 g/mol. The van der Waals surface area contributed by atoms with Crippen molar-refractivity contribution in [3.05, 3.63) is 23.5 Å². The highest BCUT2D eigenvalue weighted by Crippen LogP contribution is 1.98. The minimum Gasteiger partial charge on any atom is -0.282 e. The van der Waals surface area contributed by atoms with Gasteiger partial charge in [-0.05, 0) is 26.0 Å². The van der Waals surface area contributed by atoms with Crippen LogP contribution in [0.5, 0.6) is 0 Å². The highest BCUT2D eigenvalue weighted by atomic mass is 15.1. The molecule has 0 saturated heterocycles. The molecule has 0 aliphatic rings. The summed E-state index contributed by atoms with van der Waals surface area (Å²) in [6.07, 6.45) is 3.93. The Morgan fingerprint density at radius 1 is 1.67 bits per heavy atom. The van der Waals surface area contributed by atoms with Crippen molar-refractivity contribution in [3.8, 4) is 0 Å². The quantitative estimate of drug-likeness (QED) is 0.604. The molecule has 0 amide bonds. The first-order valence-electron chi connectivity index (χ1n) is 2.97. The Morgan fingerprint density at radius 3 is 2.89 bits per heavy atom. The third kappa shape index (κ3) is 1.42. The van der Waals surface area contributed by atoms with Crippen LogP contribution in [0.1, 0.15) is 18.3 Å². The first-order chi connectivity index (χ1) is 4.33. The summed E-state index contributed by atoms with van der Waals surface area (Å²) in [5.74, 6) is 0. The molecule has 48 valence electrons. The van der Waals surface area contributed by atoms with Gasteiger partial charge in [0.05, 0.1) is 5.69 Å². The van der Waals surface area contributed by atoms with Crippen LogP contribution in [0.3, 0.4) is 0 Å². The smallest absolute Gasteiger partial charge is 0.0847 e. The molecule has 0 atom stereocenters. The summed E-state index contributed by atoms with van der Waals surface area (Å²) in [6, 6.07) is 2.00. The summed E-state index contributed by atoms with van der Waals surface area (Å²) in [7, 11) is 0. The molecule has 1 heterocycles. The van der Waals surface area contributed by atoms with Crippen molar-refractivity contribution in [2.75, 3.05) is 0 Å². The Kier molecular flexibility index (Phi) is 1.68. The normalized spacial score (nSPS) is 10.9. The predicted molar refractivity (Wildman–Crippen MR) is 38.0 cm³/mol. The molecule has 0 aromatic carbocycles. The number of allylic oxidation sites excluding steroid dienone is 1. The van der Waals surface area contributed by atoms with Gasteiger partial charge < -0.3 is 0 Å². The van der Waals surface area contributed by atoms with Crippen molar-refractivity contribution in [2.24, 2.45) is 0 Å². The predicted octanol–water partition coefficient (Wildman–Crippen LogP) is 1.75. The zero-order valence-corrected chi connectivity index (χ0v) is 5.68. The number of nitrogens with zero attached hydrogens (tertiary/aromatic N) is 1. The van der Waals surface area contributed by atoms with Crippen LogP contribution >= 0.6 is 0 Å². The van der Waals surface area contributed by atoms with E-state index in [4.69, 9.17) is 0 Å². The van der Waals surface area contributed by atoms with Gasteiger partial charge in [0.1, 0.15) is 0 Å². The monoisotopic (exact) mass is 122 g/mol. The number of hydrogen-bond donors (Lipinski definition) is 1. The van der Waals surface area contributed by atoms with Gasteiger partial charge in [0, 0.05) is 5.69 Å². The Bertz CT molecular complexity index is 210. The summed E-state index contributed by atoms with van der Waals surface area (Å²) in [5, 5.41) is 6.85. The minimum absolute atomic E-state index is 0.995. The lowest BCUT2D eigenvalue weighted by atomic mass is 10.3. The Labute approximate surface area is 54.6 Å². The van der Waals surface area contributed by atoms with Gasteiger partial charge in [-0.25, -0.2) is 0 Å². The van der Waals surface area contributed by atoms with Crippen molar-refractivity contribution < 1.29 is 0 Å². The second-order valence-electron chi connectivity index (χ2n) is 1.98. The lowest BCUT2D eigenvalue weighted by Crippen LogP contribution is -1.69. The van der Waals surface area contributed by atoms with Crippen LogP contribution in [-0.2, 0) is 0 Å². The van der Waals surface area contributed by atoms with Crippen molar-refractivity contribution in [3.63, 3.8) is 0 Å². The molecule has 0 unspecified atom stereocenters. The van der Waals surface area contributed by atoms with E-state index in [-0.39, 0.29) is 0 Å². The van der Waals surface area contributed by atoms with Gasteiger partial charge in [-0.15, -0.1) is 0 Å². The van der Waals surface area contributed by atoms with E-state index >= 15 is 0 Å². The molecule has 0 saturated carbocycles. The SMILES string of the molecule is C/C=C\c1cc(C)[nH]n1. The third-order valence-electron chi connectivity index (χ3n) is 1.06. The van der Waals surface area contributed by atoms with E-state index in [9.17, 15) is 0 Å². The summed E-state index contributed by atoms with van der Waals surface area (Å²) in [4.78, 5) is 0. The van der Waals surface area contributed by atoms with Crippen LogP contribution in [-0.4, -0.2) is 10.2 Å². The summed E-state index contributed by atoms with van der Waals surface area (Å²) < 4.78 is 0. The van der Waals surface area contributed by atoms with Gasteiger partial charge in [-0.2, -0.15) is 5.10 Å². The van der Waals surface area contributed by atoms with Crippen LogP contribution in [0.25, 0.3) is 6.08 Å². The highest BCUT2D eigenvalue weighted by Gasteiger charge is 1.88. The van der Waals surface area contributed by atoms with Crippen molar-refractivity contribution in [1.29, 1.82) is 0 Å². The molecule has 2 nitrogen and oxygen atoms in total. The molecule has 0 spiro atoms. The first-order valence-corrected chi connectivity index (χ1v) is 2.97.